The van der Waals surface area contributed by atoms with Crippen LogP contribution in [-0.2, 0) is 0 Å². The Morgan fingerprint density at radius 1 is 1.41 bits per heavy atom. The lowest BCUT2D eigenvalue weighted by molar-refractivity contribution is 0.186. The lowest BCUT2D eigenvalue weighted by Gasteiger charge is -2.20. The fourth-order valence-electron chi connectivity index (χ4n) is 2.20. The van der Waals surface area contributed by atoms with Gasteiger partial charge in [0.25, 0.3) is 0 Å². The van der Waals surface area contributed by atoms with Gasteiger partial charge in [-0.05, 0) is 38.8 Å². The zero-order valence-corrected chi connectivity index (χ0v) is 10.7. The van der Waals surface area contributed by atoms with Crippen molar-refractivity contribution in [1.82, 2.24) is 4.90 Å². The first-order chi connectivity index (χ1) is 8.06. The lowest BCUT2D eigenvalue weighted by atomic mass is 10.2. The highest BCUT2D eigenvalue weighted by atomic mass is 19.1. The minimum atomic E-state index is -0.232. The molecule has 2 rings (SSSR count). The Morgan fingerprint density at radius 2 is 2.18 bits per heavy atom. The number of aryl methyl sites for hydroxylation is 1. The van der Waals surface area contributed by atoms with Gasteiger partial charge in [-0.25, -0.2) is 4.39 Å². The average Bonchev–Trinajstić information content (AvgIpc) is 2.72. The third-order valence-corrected chi connectivity index (χ3v) is 3.35. The maximum atomic E-state index is 13.1. The summed E-state index contributed by atoms with van der Waals surface area (Å²) in [6.07, 6.45) is 1.21. The number of hydrogen-bond acceptors (Lipinski definition) is 2. The normalized spacial score (nSPS) is 21.1. The summed E-state index contributed by atoms with van der Waals surface area (Å²) in [5.41, 5.74) is 0.995. The largest absolute Gasteiger partial charge is 0.489 e. The molecule has 0 aromatic heterocycles. The second-order valence-corrected chi connectivity index (χ2v) is 5.03. The van der Waals surface area contributed by atoms with Gasteiger partial charge >= 0.3 is 0 Å². The summed E-state index contributed by atoms with van der Waals surface area (Å²) in [6, 6.07) is 5.27. The van der Waals surface area contributed by atoms with Crippen LogP contribution in [0.15, 0.2) is 18.2 Å². The second-order valence-electron chi connectivity index (χ2n) is 5.03. The lowest BCUT2D eigenvalue weighted by Crippen LogP contribution is -2.30. The molecule has 1 atom stereocenters. The van der Waals surface area contributed by atoms with Crippen molar-refractivity contribution in [2.45, 2.75) is 39.3 Å². The number of likely N-dealkylation sites (tertiary alicyclic amines) is 1. The van der Waals surface area contributed by atoms with Crippen LogP contribution < -0.4 is 4.74 Å². The smallest absolute Gasteiger partial charge is 0.126 e. The Balaban J connectivity index is 2.00. The van der Waals surface area contributed by atoms with Crippen LogP contribution in [0.3, 0.4) is 0 Å². The van der Waals surface area contributed by atoms with E-state index in [1.54, 1.807) is 6.07 Å². The van der Waals surface area contributed by atoms with Gasteiger partial charge in [-0.15, -0.1) is 0 Å². The van der Waals surface area contributed by atoms with Gasteiger partial charge in [-0.3, -0.25) is 4.90 Å². The fraction of sp³-hybridized carbons (Fsp3) is 0.571. The van der Waals surface area contributed by atoms with Crippen LogP contribution in [0.5, 0.6) is 5.75 Å². The number of ether oxygens (including phenoxy) is 1. The van der Waals surface area contributed by atoms with Crippen LogP contribution in [0.4, 0.5) is 4.39 Å². The van der Waals surface area contributed by atoms with E-state index < -0.39 is 0 Å². The molecule has 3 heteroatoms. The summed E-state index contributed by atoms with van der Waals surface area (Å²) in [6.45, 7) is 8.33. The van der Waals surface area contributed by atoms with E-state index in [2.05, 4.69) is 18.7 Å². The number of rotatable bonds is 3. The van der Waals surface area contributed by atoms with Crippen LogP contribution in [0.2, 0.25) is 0 Å². The molecule has 0 bridgehead atoms. The highest BCUT2D eigenvalue weighted by Crippen LogP contribution is 2.23. The van der Waals surface area contributed by atoms with Gasteiger partial charge in [0.1, 0.15) is 17.7 Å². The number of halogens is 1. The molecule has 1 aliphatic heterocycles. The minimum Gasteiger partial charge on any atom is -0.489 e. The van der Waals surface area contributed by atoms with Crippen molar-refractivity contribution in [1.29, 1.82) is 0 Å². The number of hydrogen-bond donors (Lipinski definition) is 0. The van der Waals surface area contributed by atoms with Gasteiger partial charge in [0.2, 0.25) is 0 Å². The average molecular weight is 237 g/mol. The predicted molar refractivity (Wildman–Crippen MR) is 66.9 cm³/mol. The topological polar surface area (TPSA) is 12.5 Å². The van der Waals surface area contributed by atoms with E-state index in [0.717, 1.165) is 25.1 Å². The molecule has 94 valence electrons. The van der Waals surface area contributed by atoms with Crippen LogP contribution >= 0.6 is 0 Å². The molecule has 17 heavy (non-hydrogen) atoms. The Labute approximate surface area is 102 Å². The molecule has 0 unspecified atom stereocenters. The van der Waals surface area contributed by atoms with Crippen LogP contribution in [-0.4, -0.2) is 30.1 Å². The summed E-state index contributed by atoms with van der Waals surface area (Å²) in [7, 11) is 0. The molecule has 1 saturated heterocycles. The molecule has 0 aliphatic carbocycles. The van der Waals surface area contributed by atoms with Gasteiger partial charge < -0.3 is 4.74 Å². The van der Waals surface area contributed by atoms with Crippen molar-refractivity contribution in [3.63, 3.8) is 0 Å². The van der Waals surface area contributed by atoms with Crippen molar-refractivity contribution in [2.24, 2.45) is 0 Å². The first kappa shape index (κ1) is 12.4. The third-order valence-electron chi connectivity index (χ3n) is 3.35. The van der Waals surface area contributed by atoms with Crippen LogP contribution in [0, 0.1) is 12.7 Å². The quantitative estimate of drug-likeness (QED) is 0.801. The first-order valence-electron chi connectivity index (χ1n) is 6.23. The van der Waals surface area contributed by atoms with Gasteiger partial charge in [0.05, 0.1) is 0 Å². The van der Waals surface area contributed by atoms with Gasteiger partial charge in [-0.1, -0.05) is 6.07 Å². The highest BCUT2D eigenvalue weighted by molar-refractivity contribution is 5.32. The Morgan fingerprint density at radius 3 is 2.82 bits per heavy atom. The zero-order valence-electron chi connectivity index (χ0n) is 10.7. The molecule has 1 aliphatic rings. The molecule has 2 nitrogen and oxygen atoms in total. The monoisotopic (exact) mass is 237 g/mol. The molecule has 0 amide bonds. The second kappa shape index (κ2) is 5.05. The van der Waals surface area contributed by atoms with E-state index in [1.807, 2.05) is 6.92 Å². The van der Waals surface area contributed by atoms with E-state index in [4.69, 9.17) is 4.74 Å². The van der Waals surface area contributed by atoms with Crippen molar-refractivity contribution in [2.75, 3.05) is 13.1 Å². The molecule has 0 radical (unpaired) electrons. The van der Waals surface area contributed by atoms with Crippen molar-refractivity contribution < 1.29 is 9.13 Å². The standard InChI is InChI=1S/C14H20FNO/c1-10(2)16-7-6-13(9-16)17-14-8-12(15)5-4-11(14)3/h4-5,8,10,13H,6-7,9H2,1-3H3/t13-/m1/s1. The molecule has 0 saturated carbocycles. The number of nitrogens with zero attached hydrogens (tertiary/aromatic N) is 1. The minimum absolute atomic E-state index is 0.192. The first-order valence-corrected chi connectivity index (χ1v) is 6.23. The van der Waals surface area contributed by atoms with E-state index in [9.17, 15) is 4.39 Å². The third kappa shape index (κ3) is 2.97. The van der Waals surface area contributed by atoms with Crippen molar-refractivity contribution >= 4 is 0 Å². The molecule has 0 N–H and O–H groups in total. The van der Waals surface area contributed by atoms with Crippen LogP contribution in [0.25, 0.3) is 0 Å². The molecule has 1 aromatic carbocycles. The van der Waals surface area contributed by atoms with Gasteiger partial charge in [0.15, 0.2) is 0 Å². The summed E-state index contributed by atoms with van der Waals surface area (Å²) in [4.78, 5) is 2.39. The van der Waals surface area contributed by atoms with E-state index >= 15 is 0 Å². The predicted octanol–water partition coefficient (Wildman–Crippen LogP) is 3.00. The SMILES string of the molecule is Cc1ccc(F)cc1O[C@@H]1CCN(C(C)C)C1. The van der Waals surface area contributed by atoms with E-state index in [0.29, 0.717) is 11.8 Å². The summed E-state index contributed by atoms with van der Waals surface area (Å²) < 4.78 is 19.0. The molecule has 1 heterocycles. The van der Waals surface area contributed by atoms with E-state index in [1.165, 1.54) is 12.1 Å². The molecule has 0 spiro atoms. The Bertz CT molecular complexity index is 392. The zero-order chi connectivity index (χ0) is 12.4. The maximum Gasteiger partial charge on any atom is 0.126 e. The molecular weight excluding hydrogens is 217 g/mol. The molecular formula is C14H20FNO. The Hall–Kier alpha value is -1.09. The number of benzene rings is 1. The molecule has 1 fully saturated rings. The van der Waals surface area contributed by atoms with E-state index in [-0.39, 0.29) is 11.9 Å². The van der Waals surface area contributed by atoms with Crippen molar-refractivity contribution in [3.05, 3.63) is 29.6 Å². The van der Waals surface area contributed by atoms with Crippen molar-refractivity contribution in [3.8, 4) is 5.75 Å². The summed E-state index contributed by atoms with van der Waals surface area (Å²) in [5, 5.41) is 0. The fourth-order valence-corrected chi connectivity index (χ4v) is 2.20. The summed E-state index contributed by atoms with van der Waals surface area (Å²) >= 11 is 0. The highest BCUT2D eigenvalue weighted by Gasteiger charge is 2.25. The van der Waals surface area contributed by atoms with Crippen LogP contribution in [0.1, 0.15) is 25.8 Å². The summed E-state index contributed by atoms with van der Waals surface area (Å²) in [5.74, 6) is 0.449. The van der Waals surface area contributed by atoms with Gasteiger partial charge in [0, 0.05) is 25.2 Å². The Kier molecular flexibility index (Phi) is 3.67. The molecule has 1 aromatic rings. The van der Waals surface area contributed by atoms with Gasteiger partial charge in [-0.2, -0.15) is 0 Å². The maximum absolute atomic E-state index is 13.1.